The van der Waals surface area contributed by atoms with Crippen LogP contribution >= 0.6 is 11.3 Å². The molecule has 10 nitrogen and oxygen atoms in total. The number of thiazole rings is 1. The van der Waals surface area contributed by atoms with E-state index in [1.807, 2.05) is 19.2 Å². The fraction of sp³-hybridized carbons (Fsp3) is 0.286. The number of carboxylic acids is 2. The summed E-state index contributed by atoms with van der Waals surface area (Å²) in [6.45, 7) is 3.57. The smallest absolute Gasteiger partial charge is 0.475 e. The fourth-order valence-corrected chi connectivity index (χ4v) is 3.16. The van der Waals surface area contributed by atoms with Gasteiger partial charge >= 0.3 is 30.3 Å². The molecule has 0 saturated heterocycles. The lowest BCUT2D eigenvalue weighted by molar-refractivity contribution is -0.193. The predicted molar refractivity (Wildman–Crippen MR) is 120 cm³/mol. The van der Waals surface area contributed by atoms with E-state index >= 15 is 0 Å². The van der Waals surface area contributed by atoms with Gasteiger partial charge in [-0.1, -0.05) is 6.92 Å². The molecule has 0 atom stereocenters. The number of alkyl halides is 6. The summed E-state index contributed by atoms with van der Waals surface area (Å²) in [6.07, 6.45) is -8.17. The number of nitrogens with two attached hydrogens (primary N) is 1. The summed E-state index contributed by atoms with van der Waals surface area (Å²) in [5.74, 6) is -5.69. The maximum absolute atomic E-state index is 12.8. The summed E-state index contributed by atoms with van der Waals surface area (Å²) in [5.41, 5.74) is 7.50. The Morgan fingerprint density at radius 3 is 2.00 bits per heavy atom. The van der Waals surface area contributed by atoms with Crippen molar-refractivity contribution < 1.29 is 60.1 Å². The number of aryl methyl sites for hydroxylation is 2. The highest BCUT2D eigenvalue weighted by atomic mass is 32.1. The van der Waals surface area contributed by atoms with Gasteiger partial charge in [-0.2, -0.15) is 26.3 Å². The van der Waals surface area contributed by atoms with Crippen LogP contribution in [0.5, 0.6) is 5.75 Å². The Bertz CT molecular complexity index is 1340. The molecule has 17 heteroatoms. The second-order valence-electron chi connectivity index (χ2n) is 6.87. The van der Waals surface area contributed by atoms with Crippen LogP contribution in [0.15, 0.2) is 33.0 Å². The number of aromatic nitrogens is 1. The van der Waals surface area contributed by atoms with Crippen LogP contribution < -0.4 is 15.9 Å². The Morgan fingerprint density at radius 1 is 1.08 bits per heavy atom. The van der Waals surface area contributed by atoms with E-state index in [-0.39, 0.29) is 12.0 Å². The van der Waals surface area contributed by atoms with Gasteiger partial charge in [0.25, 0.3) is 0 Å². The lowest BCUT2D eigenvalue weighted by atomic mass is 10.1. The van der Waals surface area contributed by atoms with Crippen molar-refractivity contribution in [1.29, 1.82) is 0 Å². The highest BCUT2D eigenvalue weighted by Crippen LogP contribution is 2.28. The molecular weight excluding hydrogens is 554 g/mol. The molecule has 38 heavy (non-hydrogen) atoms. The molecule has 0 aliphatic rings. The minimum absolute atomic E-state index is 0.156. The Balaban J connectivity index is 0.000000426. The Labute approximate surface area is 212 Å². The number of fused-ring (bicyclic) bond motifs is 1. The number of benzene rings is 1. The van der Waals surface area contributed by atoms with E-state index in [1.165, 1.54) is 17.6 Å². The third-order valence-electron chi connectivity index (χ3n) is 4.06. The zero-order chi connectivity index (χ0) is 29.4. The molecule has 0 bridgehead atoms. The highest BCUT2D eigenvalue weighted by Gasteiger charge is 2.38. The molecule has 0 fully saturated rings. The van der Waals surface area contributed by atoms with E-state index in [0.717, 1.165) is 11.3 Å². The zero-order valence-corrected chi connectivity index (χ0v) is 20.1. The van der Waals surface area contributed by atoms with Gasteiger partial charge in [0, 0.05) is 17.1 Å². The Hall–Kier alpha value is -3.99. The maximum Gasteiger partial charge on any atom is 0.490 e. The van der Waals surface area contributed by atoms with Gasteiger partial charge in [-0.15, -0.1) is 11.3 Å². The first-order valence-corrected chi connectivity index (χ1v) is 10.8. The van der Waals surface area contributed by atoms with E-state index in [4.69, 9.17) is 34.7 Å². The first-order chi connectivity index (χ1) is 17.4. The summed E-state index contributed by atoms with van der Waals surface area (Å²) >= 11 is 1.40. The second-order valence-corrected chi connectivity index (χ2v) is 7.72. The number of carbonyl (C=O) groups excluding carboxylic acids is 1. The molecule has 0 spiro atoms. The summed E-state index contributed by atoms with van der Waals surface area (Å²) in [4.78, 5) is 46.3. The molecule has 0 unspecified atom stereocenters. The molecule has 0 aliphatic heterocycles. The lowest BCUT2D eigenvalue weighted by Gasteiger charge is -2.09. The first-order valence-electron chi connectivity index (χ1n) is 9.94. The average Bonchev–Trinajstić information content (AvgIpc) is 3.24. The topological polar surface area (TPSA) is 170 Å². The molecule has 1 aromatic carbocycles. The van der Waals surface area contributed by atoms with Crippen molar-refractivity contribution >= 4 is 40.2 Å². The third kappa shape index (κ3) is 9.15. The molecule has 2 aromatic heterocycles. The number of ether oxygens (including phenoxy) is 1. The molecular formula is C21H18F6N2O8S. The van der Waals surface area contributed by atoms with Crippen LogP contribution in [0, 0.1) is 6.92 Å². The quantitative estimate of drug-likeness (QED) is 0.237. The first kappa shape index (κ1) is 32.0. The van der Waals surface area contributed by atoms with Gasteiger partial charge in [-0.25, -0.2) is 14.6 Å². The number of esters is 1. The maximum atomic E-state index is 12.8. The number of carboxylic acid groups (broad SMARTS) is 2. The van der Waals surface area contributed by atoms with Gasteiger partial charge < -0.3 is 25.1 Å². The van der Waals surface area contributed by atoms with Crippen molar-refractivity contribution in [2.45, 2.75) is 32.6 Å². The van der Waals surface area contributed by atoms with Gasteiger partial charge in [0.1, 0.15) is 22.6 Å². The molecule has 4 N–H and O–H groups in total. The van der Waals surface area contributed by atoms with Crippen molar-refractivity contribution in [3.05, 3.63) is 45.3 Å². The SMILES string of the molecule is CCc1cc2c(=O)c(-c3nc(C)cs3)coc2cc1OC(=O)CN.O=C(O)C(F)(F)F.O=C(O)C(F)(F)F. The van der Waals surface area contributed by atoms with Crippen LogP contribution in [0.25, 0.3) is 21.5 Å². The minimum atomic E-state index is -5.08. The molecule has 3 rings (SSSR count). The standard InChI is InChI=1S/C17H16N2O4S.2C2HF3O2/c1-3-10-4-11-14(5-13(10)23-15(20)6-18)22-7-12(16(11)21)17-19-9(2)8-24-17;2*3-2(4,5)1(6)7/h4-5,7-8H,3,6,18H2,1-2H3;2*(H,6,7). The summed E-state index contributed by atoms with van der Waals surface area (Å²) in [7, 11) is 0. The number of aliphatic carboxylic acids is 2. The number of halogens is 6. The van der Waals surface area contributed by atoms with E-state index in [1.54, 1.807) is 12.1 Å². The number of nitrogens with zero attached hydrogens (tertiary/aromatic N) is 1. The highest BCUT2D eigenvalue weighted by molar-refractivity contribution is 7.13. The summed E-state index contributed by atoms with van der Waals surface area (Å²) in [6, 6.07) is 3.25. The van der Waals surface area contributed by atoms with Crippen LogP contribution in [0.3, 0.4) is 0 Å². The van der Waals surface area contributed by atoms with Gasteiger partial charge in [0.05, 0.1) is 17.5 Å². The number of hydrogen-bond donors (Lipinski definition) is 3. The summed E-state index contributed by atoms with van der Waals surface area (Å²) < 4.78 is 74.3. The third-order valence-corrected chi connectivity index (χ3v) is 5.05. The van der Waals surface area contributed by atoms with Crippen molar-refractivity contribution in [1.82, 2.24) is 4.98 Å². The normalized spacial score (nSPS) is 11.1. The lowest BCUT2D eigenvalue weighted by Crippen LogP contribution is -2.21. The largest absolute Gasteiger partial charge is 0.490 e. The average molecular weight is 572 g/mol. The van der Waals surface area contributed by atoms with Crippen LogP contribution in [0.1, 0.15) is 18.2 Å². The summed E-state index contributed by atoms with van der Waals surface area (Å²) in [5, 5.41) is 17.2. The number of hydrogen-bond acceptors (Lipinski definition) is 9. The minimum Gasteiger partial charge on any atom is -0.475 e. The van der Waals surface area contributed by atoms with Gasteiger partial charge in [-0.05, 0) is 25.0 Å². The fourth-order valence-electron chi connectivity index (χ4n) is 2.36. The van der Waals surface area contributed by atoms with E-state index < -0.39 is 30.3 Å². The van der Waals surface area contributed by atoms with E-state index in [9.17, 15) is 35.9 Å². The molecule has 2 heterocycles. The second kappa shape index (κ2) is 13.0. The van der Waals surface area contributed by atoms with Crippen molar-refractivity contribution in [3.8, 4) is 16.3 Å². The van der Waals surface area contributed by atoms with Crippen LogP contribution in [0.4, 0.5) is 26.3 Å². The van der Waals surface area contributed by atoms with Gasteiger partial charge in [-0.3, -0.25) is 9.59 Å². The molecule has 3 aromatic rings. The Kier molecular flexibility index (Phi) is 11.0. The Morgan fingerprint density at radius 2 is 1.61 bits per heavy atom. The zero-order valence-electron chi connectivity index (χ0n) is 19.3. The monoisotopic (exact) mass is 572 g/mol. The molecule has 208 valence electrons. The van der Waals surface area contributed by atoms with Crippen LogP contribution in [0.2, 0.25) is 0 Å². The van der Waals surface area contributed by atoms with Crippen molar-refractivity contribution in [2.75, 3.05) is 6.54 Å². The number of rotatable bonds is 4. The molecule has 0 aliphatic carbocycles. The van der Waals surface area contributed by atoms with E-state index in [2.05, 4.69) is 4.98 Å². The molecule has 0 radical (unpaired) electrons. The molecule has 0 amide bonds. The predicted octanol–water partition coefficient (Wildman–Crippen LogP) is 3.92. The van der Waals surface area contributed by atoms with E-state index in [0.29, 0.717) is 33.7 Å². The van der Waals surface area contributed by atoms with Crippen LogP contribution in [-0.2, 0) is 20.8 Å². The van der Waals surface area contributed by atoms with Crippen molar-refractivity contribution in [3.63, 3.8) is 0 Å². The van der Waals surface area contributed by atoms with Crippen LogP contribution in [-0.4, -0.2) is 52.0 Å². The number of carbonyl (C=O) groups is 3. The van der Waals surface area contributed by atoms with Gasteiger partial charge in [0.15, 0.2) is 0 Å². The molecule has 0 saturated carbocycles. The van der Waals surface area contributed by atoms with Crippen molar-refractivity contribution in [2.24, 2.45) is 5.73 Å². The van der Waals surface area contributed by atoms with Gasteiger partial charge in [0.2, 0.25) is 5.43 Å².